The molecular formula is C19H28N2O4. The number of morpholine rings is 1. The first-order valence-corrected chi connectivity index (χ1v) is 8.66. The maximum Gasteiger partial charge on any atom is 0.251 e. The molecule has 0 bridgehead atoms. The molecule has 25 heavy (non-hydrogen) atoms. The molecule has 6 nitrogen and oxygen atoms in total. The maximum absolute atomic E-state index is 12.6. The van der Waals surface area contributed by atoms with Crippen LogP contribution in [0.1, 0.15) is 38.3 Å². The van der Waals surface area contributed by atoms with Gasteiger partial charge in [-0.1, -0.05) is 44.2 Å². The third-order valence-electron chi connectivity index (χ3n) is 4.64. The summed E-state index contributed by atoms with van der Waals surface area (Å²) in [5.74, 6) is -0.349. The van der Waals surface area contributed by atoms with Crippen molar-refractivity contribution in [1.82, 2.24) is 10.2 Å². The van der Waals surface area contributed by atoms with Gasteiger partial charge in [-0.25, -0.2) is 0 Å². The number of amides is 2. The van der Waals surface area contributed by atoms with Crippen molar-refractivity contribution in [3.8, 4) is 0 Å². The summed E-state index contributed by atoms with van der Waals surface area (Å²) in [6.07, 6.45) is 0.864. The highest BCUT2D eigenvalue weighted by atomic mass is 16.5. The Morgan fingerprint density at radius 3 is 2.68 bits per heavy atom. The van der Waals surface area contributed by atoms with Gasteiger partial charge in [-0.3, -0.25) is 9.59 Å². The van der Waals surface area contributed by atoms with E-state index < -0.39 is 12.1 Å². The first-order valence-electron chi connectivity index (χ1n) is 8.66. The second-order valence-electron chi connectivity index (χ2n) is 7.31. The minimum absolute atomic E-state index is 0.0878. The molecule has 6 heteroatoms. The van der Waals surface area contributed by atoms with Crippen molar-refractivity contribution in [2.75, 3.05) is 26.8 Å². The number of nitrogens with one attached hydrogen (secondary N) is 1. The number of hydrogen-bond acceptors (Lipinski definition) is 4. The summed E-state index contributed by atoms with van der Waals surface area (Å²) in [7, 11) is 1.70. The van der Waals surface area contributed by atoms with Crippen LogP contribution in [0.25, 0.3) is 0 Å². The molecule has 0 aromatic heterocycles. The van der Waals surface area contributed by atoms with E-state index in [1.54, 1.807) is 11.9 Å². The zero-order valence-corrected chi connectivity index (χ0v) is 15.2. The second-order valence-corrected chi connectivity index (χ2v) is 7.31. The van der Waals surface area contributed by atoms with E-state index in [4.69, 9.17) is 4.74 Å². The van der Waals surface area contributed by atoms with Crippen molar-refractivity contribution in [3.05, 3.63) is 35.9 Å². The van der Waals surface area contributed by atoms with E-state index in [2.05, 4.69) is 5.32 Å². The van der Waals surface area contributed by atoms with E-state index in [0.717, 1.165) is 18.4 Å². The van der Waals surface area contributed by atoms with Gasteiger partial charge in [0.2, 0.25) is 5.91 Å². The first kappa shape index (κ1) is 19.4. The Hall–Kier alpha value is -1.92. The van der Waals surface area contributed by atoms with E-state index in [-0.39, 0.29) is 30.4 Å². The fraction of sp³-hybridized carbons (Fsp3) is 0.579. The SMILES string of the molecule is CN1C(=O)CO[C@H](C(=O)NCCCC(C)(C)CO)[C@H]1c1ccccc1. The fourth-order valence-corrected chi connectivity index (χ4v) is 2.94. The van der Waals surface area contributed by atoms with Crippen molar-refractivity contribution in [3.63, 3.8) is 0 Å². The number of nitrogens with zero attached hydrogens (tertiary/aromatic N) is 1. The van der Waals surface area contributed by atoms with E-state index in [1.807, 2.05) is 44.2 Å². The molecule has 2 N–H and O–H groups in total. The van der Waals surface area contributed by atoms with Crippen molar-refractivity contribution in [2.24, 2.45) is 5.41 Å². The predicted octanol–water partition coefficient (Wildman–Crippen LogP) is 1.50. The normalized spacial score (nSPS) is 21.3. The molecule has 0 radical (unpaired) electrons. The van der Waals surface area contributed by atoms with Crippen LogP contribution in [0.15, 0.2) is 30.3 Å². The molecule has 2 rings (SSSR count). The number of carbonyl (C=O) groups is 2. The van der Waals surface area contributed by atoms with E-state index in [9.17, 15) is 14.7 Å². The Morgan fingerprint density at radius 1 is 1.36 bits per heavy atom. The van der Waals surface area contributed by atoms with Crippen LogP contribution in [-0.4, -0.2) is 54.7 Å². The summed E-state index contributed by atoms with van der Waals surface area (Å²) < 4.78 is 5.57. The van der Waals surface area contributed by atoms with Crippen LogP contribution in [-0.2, 0) is 14.3 Å². The molecule has 0 unspecified atom stereocenters. The standard InChI is InChI=1S/C19H28N2O4/c1-19(2,13-22)10-7-11-20-18(24)17-16(14-8-5-4-6-9-14)21(3)15(23)12-25-17/h4-6,8-9,16-17,22H,7,10-13H2,1-3H3,(H,20,24)/t16-,17+/m1/s1. The Labute approximate surface area is 149 Å². The van der Waals surface area contributed by atoms with E-state index in [0.29, 0.717) is 6.54 Å². The molecule has 0 saturated carbocycles. The number of ether oxygens (including phenoxy) is 1. The molecule has 138 valence electrons. The number of aliphatic hydroxyl groups is 1. The molecule has 0 spiro atoms. The van der Waals surface area contributed by atoms with Crippen molar-refractivity contribution < 1.29 is 19.4 Å². The summed E-state index contributed by atoms with van der Waals surface area (Å²) >= 11 is 0. The Kier molecular flexibility index (Phi) is 6.56. The average molecular weight is 348 g/mol. The van der Waals surface area contributed by atoms with E-state index >= 15 is 0 Å². The molecule has 1 saturated heterocycles. The summed E-state index contributed by atoms with van der Waals surface area (Å²) in [4.78, 5) is 26.2. The highest BCUT2D eigenvalue weighted by Crippen LogP contribution is 2.29. The van der Waals surface area contributed by atoms with Crippen LogP contribution in [0.4, 0.5) is 0 Å². The number of hydrogen-bond donors (Lipinski definition) is 2. The summed E-state index contributed by atoms with van der Waals surface area (Å²) in [5.41, 5.74) is 0.727. The van der Waals surface area contributed by atoms with Gasteiger partial charge in [0.25, 0.3) is 5.91 Å². The minimum atomic E-state index is -0.726. The van der Waals surface area contributed by atoms with Crippen LogP contribution in [0, 0.1) is 5.41 Å². The smallest absolute Gasteiger partial charge is 0.251 e. The van der Waals surface area contributed by atoms with Crippen LogP contribution in [0.5, 0.6) is 0 Å². The molecule has 1 fully saturated rings. The zero-order valence-electron chi connectivity index (χ0n) is 15.2. The lowest BCUT2D eigenvalue weighted by Gasteiger charge is -2.38. The molecular weight excluding hydrogens is 320 g/mol. The summed E-state index contributed by atoms with van der Waals surface area (Å²) in [5, 5.41) is 12.2. The minimum Gasteiger partial charge on any atom is -0.396 e. The van der Waals surface area contributed by atoms with Gasteiger partial charge in [0.15, 0.2) is 6.10 Å². The molecule has 2 amide bonds. The molecule has 2 atom stereocenters. The third-order valence-corrected chi connectivity index (χ3v) is 4.64. The highest BCUT2D eigenvalue weighted by molar-refractivity contribution is 5.86. The van der Waals surface area contributed by atoms with E-state index in [1.165, 1.54) is 0 Å². The Bertz CT molecular complexity index is 588. The van der Waals surface area contributed by atoms with Crippen LogP contribution < -0.4 is 5.32 Å². The molecule has 1 aromatic rings. The van der Waals surface area contributed by atoms with Gasteiger partial charge in [0, 0.05) is 20.2 Å². The number of rotatable bonds is 7. The second kappa shape index (κ2) is 8.45. The van der Waals surface area contributed by atoms with Gasteiger partial charge in [0.1, 0.15) is 6.61 Å². The molecule has 0 aliphatic carbocycles. The quantitative estimate of drug-likeness (QED) is 0.732. The van der Waals surface area contributed by atoms with Gasteiger partial charge in [-0.05, 0) is 23.8 Å². The predicted molar refractivity (Wildman–Crippen MR) is 94.8 cm³/mol. The summed E-state index contributed by atoms with van der Waals surface area (Å²) in [6, 6.07) is 9.02. The largest absolute Gasteiger partial charge is 0.396 e. The van der Waals surface area contributed by atoms with Gasteiger partial charge in [-0.15, -0.1) is 0 Å². The first-order chi connectivity index (χ1) is 11.9. The van der Waals surface area contributed by atoms with Gasteiger partial charge in [-0.2, -0.15) is 0 Å². The van der Waals surface area contributed by atoms with Gasteiger partial charge < -0.3 is 20.1 Å². The lowest BCUT2D eigenvalue weighted by molar-refractivity contribution is -0.162. The molecule has 1 aliphatic heterocycles. The van der Waals surface area contributed by atoms with Crippen LogP contribution in [0.3, 0.4) is 0 Å². The van der Waals surface area contributed by atoms with Crippen LogP contribution in [0.2, 0.25) is 0 Å². The van der Waals surface area contributed by atoms with Gasteiger partial charge >= 0.3 is 0 Å². The van der Waals surface area contributed by atoms with Crippen molar-refractivity contribution in [1.29, 1.82) is 0 Å². The highest BCUT2D eigenvalue weighted by Gasteiger charge is 2.39. The van der Waals surface area contributed by atoms with Crippen molar-refractivity contribution in [2.45, 2.75) is 38.8 Å². The maximum atomic E-state index is 12.6. The van der Waals surface area contributed by atoms with Crippen molar-refractivity contribution >= 4 is 11.8 Å². The molecule has 1 aliphatic rings. The number of aliphatic hydroxyl groups excluding tert-OH is 1. The number of likely N-dealkylation sites (N-methyl/N-ethyl adjacent to an activating group) is 1. The van der Waals surface area contributed by atoms with Gasteiger partial charge in [0.05, 0.1) is 6.04 Å². The zero-order chi connectivity index (χ0) is 18.4. The lowest BCUT2D eigenvalue weighted by Crippen LogP contribution is -2.53. The molecule has 1 heterocycles. The number of carbonyl (C=O) groups excluding carboxylic acids is 2. The topological polar surface area (TPSA) is 78.9 Å². The monoisotopic (exact) mass is 348 g/mol. The average Bonchev–Trinajstić information content (AvgIpc) is 2.61. The Morgan fingerprint density at radius 2 is 2.04 bits per heavy atom. The fourth-order valence-electron chi connectivity index (χ4n) is 2.94. The Balaban J connectivity index is 2.00. The van der Waals surface area contributed by atoms with Crippen LogP contribution >= 0.6 is 0 Å². The number of benzene rings is 1. The lowest BCUT2D eigenvalue weighted by atomic mass is 9.89. The summed E-state index contributed by atoms with van der Waals surface area (Å²) in [6.45, 7) is 4.53. The molecule has 1 aromatic carbocycles. The third kappa shape index (κ3) is 5.03.